The number of aromatic nitrogens is 1. The van der Waals surface area contributed by atoms with Crippen LogP contribution in [0.4, 0.5) is 19.0 Å². The van der Waals surface area contributed by atoms with Gasteiger partial charge in [0.2, 0.25) is 0 Å². The lowest BCUT2D eigenvalue weighted by Crippen LogP contribution is -2.17. The second kappa shape index (κ2) is 7.50. The Labute approximate surface area is 161 Å². The highest BCUT2D eigenvalue weighted by Crippen LogP contribution is 2.40. The minimum atomic E-state index is -4.61. The van der Waals surface area contributed by atoms with Crippen LogP contribution in [0.3, 0.4) is 0 Å². The molecule has 0 bridgehead atoms. The molecule has 3 rings (SSSR count). The Kier molecular flexibility index (Phi) is 5.42. The van der Waals surface area contributed by atoms with E-state index in [1.54, 1.807) is 13.1 Å². The Balaban J connectivity index is 1.84. The molecule has 1 saturated carbocycles. The van der Waals surface area contributed by atoms with Gasteiger partial charge in [0, 0.05) is 45.2 Å². The fourth-order valence-corrected chi connectivity index (χ4v) is 3.57. The van der Waals surface area contributed by atoms with E-state index in [0.717, 1.165) is 24.6 Å². The molecule has 1 unspecified atom stereocenters. The quantitative estimate of drug-likeness (QED) is 0.648. The van der Waals surface area contributed by atoms with Gasteiger partial charge in [-0.25, -0.2) is 9.19 Å². The lowest BCUT2D eigenvalue weighted by Gasteiger charge is -2.14. The number of hydrogen-bond donors (Lipinski definition) is 3. The Morgan fingerprint density at radius 1 is 1.39 bits per heavy atom. The first-order valence-corrected chi connectivity index (χ1v) is 10.6. The number of hydrogen-bond acceptors (Lipinski definition) is 6. The molecular formula is C18H20F3N5OS. The van der Waals surface area contributed by atoms with Crippen LogP contribution in [-0.2, 0) is 15.5 Å². The van der Waals surface area contributed by atoms with Crippen LogP contribution in [0, 0.1) is 10.2 Å². The minimum absolute atomic E-state index is 0.0340. The van der Waals surface area contributed by atoms with Crippen LogP contribution in [-0.4, -0.2) is 33.0 Å². The molecule has 3 N–H and O–H groups in total. The molecule has 6 nitrogen and oxygen atoms in total. The minimum Gasteiger partial charge on any atom is -0.346 e. The number of nitrogens with zero attached hydrogens (tertiary/aromatic N) is 2. The van der Waals surface area contributed by atoms with Crippen LogP contribution in [0.1, 0.15) is 36.8 Å². The van der Waals surface area contributed by atoms with Gasteiger partial charge in [0.15, 0.2) is 0 Å². The highest BCUT2D eigenvalue weighted by atomic mass is 32.2. The summed E-state index contributed by atoms with van der Waals surface area (Å²) in [6, 6.07) is 1.89. The van der Waals surface area contributed by atoms with Gasteiger partial charge in [-0.3, -0.25) is 9.77 Å². The number of aliphatic imine (C=N–C) groups is 1. The van der Waals surface area contributed by atoms with Gasteiger partial charge >= 0.3 is 6.18 Å². The summed E-state index contributed by atoms with van der Waals surface area (Å²) in [5.41, 5.74) is 0.357. The molecule has 0 spiro atoms. The van der Waals surface area contributed by atoms with Gasteiger partial charge < -0.3 is 10.7 Å². The van der Waals surface area contributed by atoms with Gasteiger partial charge in [0.1, 0.15) is 11.5 Å². The molecule has 0 saturated heterocycles. The van der Waals surface area contributed by atoms with E-state index in [1.807, 2.05) is 6.07 Å². The van der Waals surface area contributed by atoms with Crippen LogP contribution < -0.4 is 5.32 Å². The van der Waals surface area contributed by atoms with E-state index in [0.29, 0.717) is 23.4 Å². The molecule has 0 radical (unpaired) electrons. The summed E-state index contributed by atoms with van der Waals surface area (Å²) < 4.78 is 58.2. The third kappa shape index (κ3) is 4.86. The largest absolute Gasteiger partial charge is 0.433 e. The third-order valence-electron chi connectivity index (χ3n) is 4.48. The highest BCUT2D eigenvalue weighted by Gasteiger charge is 2.35. The fourth-order valence-electron chi connectivity index (χ4n) is 2.64. The summed E-state index contributed by atoms with van der Waals surface area (Å²) in [6.07, 6.45) is 2.22. The molecule has 1 atom stereocenters. The summed E-state index contributed by atoms with van der Waals surface area (Å²) in [7, 11) is -2.80. The topological polar surface area (TPSA) is 102 Å². The molecule has 1 aliphatic heterocycles. The molecule has 0 aromatic carbocycles. The van der Waals surface area contributed by atoms with E-state index in [4.69, 9.17) is 10.2 Å². The lowest BCUT2D eigenvalue weighted by molar-refractivity contribution is -0.0922. The van der Waals surface area contributed by atoms with E-state index >= 15 is 0 Å². The third-order valence-corrected chi connectivity index (χ3v) is 6.19. The number of alkyl halides is 3. The maximum atomic E-state index is 12.7. The fraction of sp³-hybridized carbons (Fsp3) is 0.389. The Morgan fingerprint density at radius 2 is 2.11 bits per heavy atom. The van der Waals surface area contributed by atoms with E-state index < -0.39 is 21.6 Å². The normalized spacial score (nSPS) is 20.8. The number of pyridine rings is 1. The maximum Gasteiger partial charge on any atom is 0.433 e. The van der Waals surface area contributed by atoms with Gasteiger partial charge in [-0.15, -0.1) is 0 Å². The van der Waals surface area contributed by atoms with Gasteiger partial charge in [-0.2, -0.15) is 13.2 Å². The van der Waals surface area contributed by atoms with Crippen molar-refractivity contribution in [2.24, 2.45) is 4.99 Å². The first kappa shape index (κ1) is 20.2. The van der Waals surface area contributed by atoms with Crippen LogP contribution in [0.15, 0.2) is 40.8 Å². The van der Waals surface area contributed by atoms with Crippen molar-refractivity contribution in [2.45, 2.75) is 37.6 Å². The maximum absolute atomic E-state index is 12.7. The van der Waals surface area contributed by atoms with Crippen molar-refractivity contribution in [3.05, 3.63) is 46.9 Å². The zero-order chi connectivity index (χ0) is 20.5. The van der Waals surface area contributed by atoms with Crippen LogP contribution >= 0.6 is 0 Å². The van der Waals surface area contributed by atoms with Crippen molar-refractivity contribution in [1.29, 1.82) is 10.2 Å². The zero-order valence-electron chi connectivity index (χ0n) is 15.1. The average Bonchev–Trinajstić information content (AvgIpc) is 3.45. The van der Waals surface area contributed by atoms with Crippen molar-refractivity contribution in [1.82, 2.24) is 4.98 Å². The number of rotatable bonds is 6. The number of allylic oxidation sites excluding steroid dienone is 3. The number of halogens is 3. The molecule has 28 heavy (non-hydrogen) atoms. The van der Waals surface area contributed by atoms with Crippen molar-refractivity contribution < 1.29 is 17.4 Å². The summed E-state index contributed by atoms with van der Waals surface area (Å²) in [5.74, 6) is 1.05. The Bertz CT molecular complexity index is 989. The zero-order valence-corrected chi connectivity index (χ0v) is 16.0. The second-order valence-electron chi connectivity index (χ2n) is 6.74. The number of anilines is 1. The Hall–Kier alpha value is -2.49. The molecule has 2 aliphatic rings. The summed E-state index contributed by atoms with van der Waals surface area (Å²) in [4.78, 5) is 7.70. The van der Waals surface area contributed by atoms with E-state index in [2.05, 4.69) is 15.3 Å². The molecule has 1 aromatic heterocycles. The van der Waals surface area contributed by atoms with Gasteiger partial charge in [-0.1, -0.05) is 6.92 Å². The van der Waals surface area contributed by atoms with Gasteiger partial charge in [0.25, 0.3) is 0 Å². The van der Waals surface area contributed by atoms with Gasteiger partial charge in [0.05, 0.1) is 11.5 Å². The van der Waals surface area contributed by atoms with Gasteiger partial charge in [-0.05, 0) is 36.5 Å². The summed E-state index contributed by atoms with van der Waals surface area (Å²) in [6.45, 7) is 1.69. The molecule has 1 aromatic rings. The number of nitrogens with one attached hydrogen (secondary N) is 3. The smallest absolute Gasteiger partial charge is 0.346 e. The second-order valence-corrected chi connectivity index (χ2v) is 9.23. The molecule has 2 heterocycles. The molecular weight excluding hydrogens is 391 g/mol. The molecule has 150 valence electrons. The SMILES string of the molecule is CCS(=N)(=O)Cc1cc(C2CC2)cnc1N/C=C1/C=NC(C(F)(F)F)=CC1=N. The molecule has 0 amide bonds. The van der Waals surface area contributed by atoms with Crippen LogP contribution in [0.25, 0.3) is 0 Å². The first-order valence-electron chi connectivity index (χ1n) is 8.70. The first-order chi connectivity index (χ1) is 13.1. The highest BCUT2D eigenvalue weighted by molar-refractivity contribution is 7.91. The summed E-state index contributed by atoms with van der Waals surface area (Å²) in [5, 5.41) is 10.7. The monoisotopic (exact) mass is 411 g/mol. The van der Waals surface area contributed by atoms with Crippen molar-refractivity contribution in [3.8, 4) is 0 Å². The Morgan fingerprint density at radius 3 is 2.68 bits per heavy atom. The molecule has 1 aliphatic carbocycles. The summed E-state index contributed by atoms with van der Waals surface area (Å²) >= 11 is 0. The van der Waals surface area contributed by atoms with Crippen molar-refractivity contribution >= 4 is 27.5 Å². The van der Waals surface area contributed by atoms with Crippen LogP contribution in [0.5, 0.6) is 0 Å². The predicted molar refractivity (Wildman–Crippen MR) is 103 cm³/mol. The van der Waals surface area contributed by atoms with Crippen molar-refractivity contribution in [3.63, 3.8) is 0 Å². The predicted octanol–water partition coefficient (Wildman–Crippen LogP) is 4.37. The van der Waals surface area contributed by atoms with Crippen LogP contribution in [0.2, 0.25) is 0 Å². The standard InChI is InChI=1S/C18H20F3N5OS/c1-2-28(23,27)10-13-5-12(11-3-4-11)7-25-17(13)26-9-14-8-24-16(6-15(14)22)18(19,20)21/h5-9,11,22-23H,2-4,10H2,1H3,(H,25,26)/b14-9-,22-15?. The van der Waals surface area contributed by atoms with E-state index in [-0.39, 0.29) is 22.8 Å². The van der Waals surface area contributed by atoms with Crippen molar-refractivity contribution in [2.75, 3.05) is 11.1 Å². The lowest BCUT2D eigenvalue weighted by atomic mass is 10.1. The van der Waals surface area contributed by atoms with E-state index in [1.165, 1.54) is 6.20 Å². The molecule has 10 heteroatoms. The average molecular weight is 411 g/mol. The van der Waals surface area contributed by atoms with E-state index in [9.17, 15) is 17.4 Å². The molecule has 1 fully saturated rings.